The van der Waals surface area contributed by atoms with E-state index in [-0.39, 0.29) is 6.61 Å². The van der Waals surface area contributed by atoms with Crippen LogP contribution in [0.1, 0.15) is 11.8 Å². The molecule has 0 amide bonds. The molecular weight excluding hydrogens is 398 g/mol. The molecule has 10 nitrogen and oxygen atoms in total. The number of hydrogen-bond donors (Lipinski definition) is 2. The number of rotatable bonds is 4. The highest BCUT2D eigenvalue weighted by Crippen LogP contribution is 2.58. The molecule has 12 heteroatoms. The molecule has 2 fully saturated rings. The minimum absolute atomic E-state index is 0.0199. The Hall–Kier alpha value is -2.14. The van der Waals surface area contributed by atoms with E-state index in [1.54, 1.807) is 4.57 Å². The Morgan fingerprint density at radius 1 is 1.24 bits per heavy atom. The van der Waals surface area contributed by atoms with Gasteiger partial charge in [0.2, 0.25) is 5.88 Å². The third kappa shape index (κ3) is 3.50. The van der Waals surface area contributed by atoms with Crippen molar-refractivity contribution in [2.75, 3.05) is 6.61 Å². The summed E-state index contributed by atoms with van der Waals surface area (Å²) in [5, 5.41) is 10.7. The zero-order chi connectivity index (χ0) is 20.0. The predicted molar refractivity (Wildman–Crippen MR) is 102 cm³/mol. The molecule has 5 rings (SSSR count). The summed E-state index contributed by atoms with van der Waals surface area (Å²) in [5.74, 6) is 0.323. The smallest absolute Gasteiger partial charge is 0.471 e. The lowest BCUT2D eigenvalue weighted by Gasteiger charge is -2.27. The van der Waals surface area contributed by atoms with E-state index in [0.717, 1.165) is 5.56 Å². The van der Waals surface area contributed by atoms with Crippen molar-refractivity contribution >= 4 is 26.6 Å². The van der Waals surface area contributed by atoms with Crippen molar-refractivity contribution in [3.63, 3.8) is 0 Å². The molecular formula is C17H17BN4O6P+. The maximum absolute atomic E-state index is 10.7. The van der Waals surface area contributed by atoms with Crippen LogP contribution in [0.4, 0.5) is 0 Å². The van der Waals surface area contributed by atoms with E-state index in [2.05, 4.69) is 15.0 Å². The highest BCUT2D eigenvalue weighted by Gasteiger charge is 2.57. The van der Waals surface area contributed by atoms with Gasteiger partial charge in [0.15, 0.2) is 23.5 Å². The maximum Gasteiger partial charge on any atom is 0.488 e. The molecule has 2 saturated heterocycles. The third-order valence-electron chi connectivity index (χ3n) is 4.82. The van der Waals surface area contributed by atoms with Crippen LogP contribution in [0.2, 0.25) is 0 Å². The molecule has 2 unspecified atom stereocenters. The number of benzene rings is 1. The van der Waals surface area contributed by atoms with Crippen molar-refractivity contribution in [3.05, 3.63) is 48.5 Å². The number of fused-ring (bicyclic) bond motifs is 2. The molecule has 5 atom stereocenters. The quantitative estimate of drug-likeness (QED) is 0.473. The Bertz CT molecular complexity index is 1020. The number of imidazole rings is 1. The number of ether oxygens (including phenoxy) is 2. The second-order valence-corrected chi connectivity index (χ2v) is 8.36. The molecule has 2 radical (unpaired) electrons. The maximum atomic E-state index is 10.7. The molecule has 29 heavy (non-hydrogen) atoms. The largest absolute Gasteiger partial charge is 0.488 e. The Morgan fingerprint density at radius 3 is 2.90 bits per heavy atom. The molecule has 2 aromatic heterocycles. The zero-order valence-electron chi connectivity index (χ0n) is 15.1. The van der Waals surface area contributed by atoms with Crippen LogP contribution in [0.3, 0.4) is 0 Å². The van der Waals surface area contributed by atoms with Crippen molar-refractivity contribution in [2.24, 2.45) is 0 Å². The summed E-state index contributed by atoms with van der Waals surface area (Å²) >= 11 is 0. The van der Waals surface area contributed by atoms with Crippen LogP contribution in [0, 0.1) is 0 Å². The Kier molecular flexibility index (Phi) is 4.74. The second-order valence-electron chi connectivity index (χ2n) is 6.76. The molecule has 0 aliphatic carbocycles. The Labute approximate surface area is 167 Å². The summed E-state index contributed by atoms with van der Waals surface area (Å²) in [6, 6.07) is 9.69. The molecule has 148 valence electrons. The van der Waals surface area contributed by atoms with E-state index in [4.69, 9.17) is 26.1 Å². The summed E-state index contributed by atoms with van der Waals surface area (Å²) in [6.07, 6.45) is -0.477. The number of hydrogen-bond acceptors (Lipinski definition) is 9. The summed E-state index contributed by atoms with van der Waals surface area (Å²) in [5.41, 5.74) is 1.87. The van der Waals surface area contributed by atoms with Crippen molar-refractivity contribution in [1.82, 2.24) is 19.5 Å². The summed E-state index contributed by atoms with van der Waals surface area (Å²) in [6.45, 7) is 0.350. The number of nitrogens with zero attached hydrogens (tertiary/aromatic N) is 4. The van der Waals surface area contributed by atoms with Crippen LogP contribution in [0.5, 0.6) is 5.88 Å². The van der Waals surface area contributed by atoms with Gasteiger partial charge in [-0.3, -0.25) is 4.57 Å². The van der Waals surface area contributed by atoms with Gasteiger partial charge in [0.05, 0.1) is 6.33 Å². The van der Waals surface area contributed by atoms with Crippen molar-refractivity contribution in [2.45, 2.75) is 31.1 Å². The van der Waals surface area contributed by atoms with Gasteiger partial charge in [-0.2, -0.15) is 14.0 Å². The Morgan fingerprint density at radius 2 is 2.07 bits per heavy atom. The van der Waals surface area contributed by atoms with Gasteiger partial charge >= 0.3 is 15.4 Å². The van der Waals surface area contributed by atoms with Crippen molar-refractivity contribution < 1.29 is 28.5 Å². The fraction of sp³-hybridized carbons (Fsp3) is 0.353. The van der Waals surface area contributed by atoms with Crippen molar-refractivity contribution in [1.29, 1.82) is 0 Å². The fourth-order valence-corrected chi connectivity index (χ4v) is 4.48. The fourth-order valence-electron chi connectivity index (χ4n) is 3.45. The average molecular weight is 415 g/mol. The molecule has 0 bridgehead atoms. The lowest BCUT2D eigenvalue weighted by atomic mass is 10.1. The van der Waals surface area contributed by atoms with Gasteiger partial charge in [-0.05, 0) is 5.56 Å². The standard InChI is InChI=1S/C17H17BN4O6P/c18-29(24)26-7-11-14(28-29)13(23)17(27-11)22-9-21-12-15(22)19-8-20-16(12)25-6-10-4-2-1-3-5-10/h1-5,8-9,11,13-14,17,23-24H,6-7H2/q+1/t11-,13?,14-,17-,29?/m1/s1. The first-order chi connectivity index (χ1) is 14.0. The first-order valence-corrected chi connectivity index (χ1v) is 10.6. The zero-order valence-corrected chi connectivity index (χ0v) is 16.0. The lowest BCUT2D eigenvalue weighted by molar-refractivity contribution is -0.0603. The SMILES string of the molecule is [B][P+]1(O)OC[C@H]2O[C@@H](n3cnc4c(OCc5ccccc5)ncnc43)C(O)[C@@H]2O1. The van der Waals surface area contributed by atoms with Crippen LogP contribution < -0.4 is 4.74 Å². The molecule has 4 heterocycles. The monoisotopic (exact) mass is 415 g/mol. The summed E-state index contributed by atoms with van der Waals surface area (Å²) in [7, 11) is 2.10. The first kappa shape index (κ1) is 18.9. The number of aromatic nitrogens is 4. The molecule has 1 aromatic carbocycles. The van der Waals surface area contributed by atoms with E-state index in [1.807, 2.05) is 30.3 Å². The van der Waals surface area contributed by atoms with Crippen LogP contribution in [-0.4, -0.2) is 62.0 Å². The highest BCUT2D eigenvalue weighted by atomic mass is 31.2. The van der Waals surface area contributed by atoms with Gasteiger partial charge < -0.3 is 14.6 Å². The molecule has 2 N–H and O–H groups in total. The minimum Gasteiger partial charge on any atom is -0.471 e. The van der Waals surface area contributed by atoms with E-state index >= 15 is 0 Å². The van der Waals surface area contributed by atoms with Gasteiger partial charge in [0.1, 0.15) is 31.7 Å². The molecule has 2 aliphatic rings. The summed E-state index contributed by atoms with van der Waals surface area (Å²) in [4.78, 5) is 22.6. The van der Waals surface area contributed by atoms with E-state index in [1.165, 1.54) is 12.7 Å². The minimum atomic E-state index is -3.45. The van der Waals surface area contributed by atoms with Gasteiger partial charge in [0, 0.05) is 0 Å². The van der Waals surface area contributed by atoms with Gasteiger partial charge in [-0.15, -0.1) is 0 Å². The molecule has 2 aliphatic heterocycles. The van der Waals surface area contributed by atoms with Crippen LogP contribution >= 0.6 is 7.82 Å². The highest BCUT2D eigenvalue weighted by molar-refractivity contribution is 7.85. The normalized spacial score (nSPS) is 31.7. The second kappa shape index (κ2) is 7.28. The average Bonchev–Trinajstić information content (AvgIpc) is 3.28. The third-order valence-corrected chi connectivity index (χ3v) is 5.89. The molecule has 0 spiro atoms. The Balaban J connectivity index is 1.40. The van der Waals surface area contributed by atoms with Gasteiger partial charge in [-0.1, -0.05) is 30.3 Å². The van der Waals surface area contributed by atoms with E-state index < -0.39 is 32.4 Å². The van der Waals surface area contributed by atoms with Crippen LogP contribution in [-0.2, 0) is 20.4 Å². The molecule has 0 saturated carbocycles. The number of aliphatic hydroxyl groups is 1. The van der Waals surface area contributed by atoms with Crippen LogP contribution in [0.15, 0.2) is 43.0 Å². The first-order valence-electron chi connectivity index (χ1n) is 8.93. The summed E-state index contributed by atoms with van der Waals surface area (Å²) < 4.78 is 23.7. The number of aliphatic hydroxyl groups excluding tert-OH is 1. The van der Waals surface area contributed by atoms with Crippen LogP contribution in [0.25, 0.3) is 11.2 Å². The van der Waals surface area contributed by atoms with E-state index in [0.29, 0.717) is 23.7 Å². The van der Waals surface area contributed by atoms with Gasteiger partial charge in [0.25, 0.3) is 0 Å². The predicted octanol–water partition coefficient (Wildman–Crippen LogP) is 0.917. The molecule has 3 aromatic rings. The lowest BCUT2D eigenvalue weighted by Crippen LogP contribution is -2.40. The topological polar surface area (TPSA) is 121 Å². The van der Waals surface area contributed by atoms with Gasteiger partial charge in [-0.25, -0.2) is 14.9 Å². The van der Waals surface area contributed by atoms with Crippen molar-refractivity contribution in [3.8, 4) is 5.88 Å². The van der Waals surface area contributed by atoms with E-state index in [9.17, 15) is 10.00 Å².